The summed E-state index contributed by atoms with van der Waals surface area (Å²) in [6.45, 7) is 8.16. The predicted molar refractivity (Wildman–Crippen MR) is 74.7 cm³/mol. The highest BCUT2D eigenvalue weighted by molar-refractivity contribution is 5.35. The molecule has 2 N–H and O–H groups in total. The maximum Gasteiger partial charge on any atom is 0.106 e. The van der Waals surface area contributed by atoms with Crippen LogP contribution in [0.5, 0.6) is 0 Å². The van der Waals surface area contributed by atoms with Gasteiger partial charge in [0, 0.05) is 11.6 Å². The summed E-state index contributed by atoms with van der Waals surface area (Å²) in [6, 6.07) is 8.55. The highest BCUT2D eigenvalue weighted by Gasteiger charge is 2.18. The minimum Gasteiger partial charge on any atom is -0.466 e. The lowest BCUT2D eigenvalue weighted by atomic mass is 9.96. The molecule has 96 valence electrons. The summed E-state index contributed by atoms with van der Waals surface area (Å²) in [7, 11) is 0. The quantitative estimate of drug-likeness (QED) is 0.891. The van der Waals surface area contributed by atoms with Crippen LogP contribution < -0.4 is 5.73 Å². The number of aryl methyl sites for hydroxylation is 3. The fraction of sp³-hybridized carbons (Fsp3) is 0.375. The smallest absolute Gasteiger partial charge is 0.106 e. The molecule has 0 spiro atoms. The molecule has 1 aromatic heterocycles. The summed E-state index contributed by atoms with van der Waals surface area (Å²) in [5, 5.41) is 0. The van der Waals surface area contributed by atoms with E-state index in [4.69, 9.17) is 10.2 Å². The molecule has 0 saturated carbocycles. The Balaban J connectivity index is 2.21. The first kappa shape index (κ1) is 12.9. The summed E-state index contributed by atoms with van der Waals surface area (Å²) >= 11 is 0. The molecule has 1 heterocycles. The first-order valence-electron chi connectivity index (χ1n) is 6.36. The number of hydrogen-bond donors (Lipinski definition) is 1. The van der Waals surface area contributed by atoms with Gasteiger partial charge in [-0.3, -0.25) is 0 Å². The van der Waals surface area contributed by atoms with E-state index < -0.39 is 0 Å². The molecule has 0 aliphatic heterocycles. The highest BCUT2D eigenvalue weighted by Crippen LogP contribution is 2.27. The molecule has 0 bridgehead atoms. The number of rotatable bonds is 3. The van der Waals surface area contributed by atoms with Crippen LogP contribution in [0.25, 0.3) is 0 Å². The maximum absolute atomic E-state index is 6.32. The van der Waals surface area contributed by atoms with Gasteiger partial charge in [-0.15, -0.1) is 0 Å². The molecular formula is C16H21NO. The first-order valence-corrected chi connectivity index (χ1v) is 6.36. The predicted octanol–water partition coefficient (Wildman–Crippen LogP) is 3.76. The van der Waals surface area contributed by atoms with Crippen molar-refractivity contribution < 1.29 is 4.42 Å². The molecule has 2 heteroatoms. The second-order valence-corrected chi connectivity index (χ2v) is 5.05. The van der Waals surface area contributed by atoms with E-state index in [0.717, 1.165) is 23.5 Å². The van der Waals surface area contributed by atoms with Gasteiger partial charge >= 0.3 is 0 Å². The van der Waals surface area contributed by atoms with Crippen molar-refractivity contribution in [3.8, 4) is 0 Å². The zero-order valence-corrected chi connectivity index (χ0v) is 11.6. The Bertz CT molecular complexity index is 537. The van der Waals surface area contributed by atoms with Gasteiger partial charge in [0.2, 0.25) is 0 Å². The second kappa shape index (κ2) is 4.99. The van der Waals surface area contributed by atoms with E-state index in [2.05, 4.69) is 38.1 Å². The average Bonchev–Trinajstić information content (AvgIpc) is 2.56. The van der Waals surface area contributed by atoms with Crippen molar-refractivity contribution in [2.24, 2.45) is 5.73 Å². The van der Waals surface area contributed by atoms with Crippen molar-refractivity contribution in [1.82, 2.24) is 0 Å². The lowest BCUT2D eigenvalue weighted by Gasteiger charge is -2.12. The van der Waals surface area contributed by atoms with Crippen LogP contribution in [0.15, 0.2) is 28.7 Å². The monoisotopic (exact) mass is 243 g/mol. The molecule has 2 rings (SSSR count). The van der Waals surface area contributed by atoms with Crippen LogP contribution in [0.2, 0.25) is 0 Å². The van der Waals surface area contributed by atoms with E-state index in [0.29, 0.717) is 0 Å². The molecule has 2 aromatic rings. The zero-order chi connectivity index (χ0) is 13.3. The topological polar surface area (TPSA) is 39.2 Å². The van der Waals surface area contributed by atoms with E-state index in [1.54, 1.807) is 0 Å². The molecule has 0 radical (unpaired) electrons. The van der Waals surface area contributed by atoms with Crippen molar-refractivity contribution >= 4 is 0 Å². The molecule has 0 amide bonds. The Kier molecular flexibility index (Phi) is 3.58. The normalized spacial score (nSPS) is 12.7. The minimum atomic E-state index is 0.00477. The average molecular weight is 243 g/mol. The van der Waals surface area contributed by atoms with Crippen molar-refractivity contribution in [2.75, 3.05) is 0 Å². The van der Waals surface area contributed by atoms with Gasteiger partial charge in [-0.25, -0.2) is 0 Å². The third kappa shape index (κ3) is 2.49. The van der Waals surface area contributed by atoms with Crippen LogP contribution >= 0.6 is 0 Å². The molecular weight excluding hydrogens is 222 g/mol. The summed E-state index contributed by atoms with van der Waals surface area (Å²) in [5.41, 5.74) is 11.2. The summed E-state index contributed by atoms with van der Waals surface area (Å²) in [4.78, 5) is 0. The molecule has 0 aliphatic carbocycles. The van der Waals surface area contributed by atoms with Crippen molar-refractivity contribution in [3.63, 3.8) is 0 Å². The van der Waals surface area contributed by atoms with Crippen LogP contribution in [-0.2, 0) is 6.42 Å². The van der Waals surface area contributed by atoms with Gasteiger partial charge in [0.1, 0.15) is 11.5 Å². The Morgan fingerprint density at radius 3 is 2.11 bits per heavy atom. The van der Waals surface area contributed by atoms with E-state index in [9.17, 15) is 0 Å². The van der Waals surface area contributed by atoms with E-state index in [-0.39, 0.29) is 6.04 Å². The molecule has 1 unspecified atom stereocenters. The van der Waals surface area contributed by atoms with Crippen LogP contribution in [0, 0.1) is 27.7 Å². The number of benzene rings is 1. The Morgan fingerprint density at radius 1 is 1.00 bits per heavy atom. The van der Waals surface area contributed by atoms with E-state index in [1.807, 2.05) is 13.8 Å². The van der Waals surface area contributed by atoms with Gasteiger partial charge in [0.15, 0.2) is 0 Å². The number of furan rings is 1. The van der Waals surface area contributed by atoms with Gasteiger partial charge in [-0.1, -0.05) is 29.8 Å². The Hall–Kier alpha value is -1.54. The van der Waals surface area contributed by atoms with Crippen molar-refractivity contribution in [2.45, 2.75) is 40.2 Å². The molecule has 1 atom stereocenters. The van der Waals surface area contributed by atoms with Crippen molar-refractivity contribution in [3.05, 3.63) is 58.0 Å². The maximum atomic E-state index is 6.32. The molecule has 1 aromatic carbocycles. The zero-order valence-electron chi connectivity index (χ0n) is 11.6. The van der Waals surface area contributed by atoms with Crippen LogP contribution in [0.4, 0.5) is 0 Å². The summed E-state index contributed by atoms with van der Waals surface area (Å²) in [5.74, 6) is 1.92. The number of nitrogens with two attached hydrogens (primary N) is 1. The lowest BCUT2D eigenvalue weighted by molar-refractivity contribution is 0.496. The minimum absolute atomic E-state index is 0.00477. The van der Waals surface area contributed by atoms with Gasteiger partial charge in [-0.05, 0) is 45.2 Å². The fourth-order valence-electron chi connectivity index (χ4n) is 2.43. The van der Waals surface area contributed by atoms with E-state index in [1.165, 1.54) is 16.7 Å². The van der Waals surface area contributed by atoms with Crippen LogP contribution in [0.3, 0.4) is 0 Å². The first-order chi connectivity index (χ1) is 8.49. The SMILES string of the molecule is Cc1ccc(CC(N)c2c(C)oc(C)c2C)cc1. The third-order valence-electron chi connectivity index (χ3n) is 3.56. The van der Waals surface area contributed by atoms with Crippen LogP contribution in [0.1, 0.15) is 39.8 Å². The lowest BCUT2D eigenvalue weighted by Crippen LogP contribution is -2.14. The largest absolute Gasteiger partial charge is 0.466 e. The molecule has 0 saturated heterocycles. The Morgan fingerprint density at radius 2 is 1.61 bits per heavy atom. The van der Waals surface area contributed by atoms with Gasteiger partial charge in [0.05, 0.1) is 0 Å². The Labute approximate surface area is 109 Å². The summed E-state index contributed by atoms with van der Waals surface area (Å²) in [6.07, 6.45) is 0.848. The highest BCUT2D eigenvalue weighted by atomic mass is 16.3. The van der Waals surface area contributed by atoms with Crippen molar-refractivity contribution in [1.29, 1.82) is 0 Å². The van der Waals surface area contributed by atoms with Gasteiger partial charge in [-0.2, -0.15) is 0 Å². The second-order valence-electron chi connectivity index (χ2n) is 5.05. The van der Waals surface area contributed by atoms with Gasteiger partial charge < -0.3 is 10.2 Å². The molecule has 18 heavy (non-hydrogen) atoms. The number of hydrogen-bond acceptors (Lipinski definition) is 2. The summed E-state index contributed by atoms with van der Waals surface area (Å²) < 4.78 is 5.64. The molecule has 2 nitrogen and oxygen atoms in total. The molecule has 0 fully saturated rings. The van der Waals surface area contributed by atoms with Gasteiger partial charge in [0.25, 0.3) is 0 Å². The fourth-order valence-corrected chi connectivity index (χ4v) is 2.43. The third-order valence-corrected chi connectivity index (χ3v) is 3.56. The van der Waals surface area contributed by atoms with E-state index >= 15 is 0 Å². The molecule has 0 aliphatic rings. The van der Waals surface area contributed by atoms with Crippen LogP contribution in [-0.4, -0.2) is 0 Å². The standard InChI is InChI=1S/C16H21NO/c1-10-5-7-14(8-6-10)9-15(17)16-11(2)12(3)18-13(16)4/h5-8,15H,9,17H2,1-4H3.